The molecule has 15 heavy (non-hydrogen) atoms. The first-order chi connectivity index (χ1) is 7.09. The third kappa shape index (κ3) is 3.93. The van der Waals surface area contributed by atoms with Crippen LogP contribution in [0, 0.1) is 0 Å². The Labute approximate surface area is 88.1 Å². The van der Waals surface area contributed by atoms with E-state index in [2.05, 4.69) is 9.97 Å². The Morgan fingerprint density at radius 3 is 2.87 bits per heavy atom. The number of aromatic nitrogens is 2. The van der Waals surface area contributed by atoms with Gasteiger partial charge in [0.2, 0.25) is 5.88 Å². The molecule has 0 spiro atoms. The number of rotatable bonds is 5. The highest BCUT2D eigenvalue weighted by Crippen LogP contribution is 2.14. The molecule has 1 N–H and O–H groups in total. The standard InChI is InChI=1S/C10H14N2O3/c1-7(2)8-5-9(12-6-11-8)15-4-3-10(13)14/h5-7H,3-4H2,1-2H3,(H,13,14). The average molecular weight is 210 g/mol. The van der Waals surface area contributed by atoms with Crippen molar-refractivity contribution in [3.05, 3.63) is 18.1 Å². The molecule has 5 heteroatoms. The third-order valence-corrected chi connectivity index (χ3v) is 1.82. The van der Waals surface area contributed by atoms with Crippen LogP contribution in [-0.2, 0) is 4.79 Å². The van der Waals surface area contributed by atoms with Gasteiger partial charge in [-0.25, -0.2) is 9.97 Å². The number of hydrogen-bond donors (Lipinski definition) is 1. The highest BCUT2D eigenvalue weighted by Gasteiger charge is 2.04. The van der Waals surface area contributed by atoms with E-state index >= 15 is 0 Å². The zero-order valence-corrected chi connectivity index (χ0v) is 8.80. The van der Waals surface area contributed by atoms with Crippen molar-refractivity contribution in [2.24, 2.45) is 0 Å². The van der Waals surface area contributed by atoms with Crippen molar-refractivity contribution in [1.82, 2.24) is 9.97 Å². The van der Waals surface area contributed by atoms with Crippen LogP contribution < -0.4 is 4.74 Å². The molecule has 0 aliphatic rings. The van der Waals surface area contributed by atoms with Crippen LogP contribution in [0.15, 0.2) is 12.4 Å². The van der Waals surface area contributed by atoms with Crippen molar-refractivity contribution in [3.63, 3.8) is 0 Å². The number of hydrogen-bond acceptors (Lipinski definition) is 4. The van der Waals surface area contributed by atoms with Crippen molar-refractivity contribution in [2.45, 2.75) is 26.2 Å². The lowest BCUT2D eigenvalue weighted by Crippen LogP contribution is -2.06. The highest BCUT2D eigenvalue weighted by atomic mass is 16.5. The molecule has 0 atom stereocenters. The minimum atomic E-state index is -0.881. The first kappa shape index (κ1) is 11.4. The first-order valence-corrected chi connectivity index (χ1v) is 4.76. The van der Waals surface area contributed by atoms with Crippen LogP contribution in [0.3, 0.4) is 0 Å². The maximum Gasteiger partial charge on any atom is 0.306 e. The van der Waals surface area contributed by atoms with Crippen LogP contribution >= 0.6 is 0 Å². The lowest BCUT2D eigenvalue weighted by molar-refractivity contribution is -0.137. The van der Waals surface area contributed by atoms with Gasteiger partial charge in [-0.3, -0.25) is 4.79 Å². The molecular weight excluding hydrogens is 196 g/mol. The summed E-state index contributed by atoms with van der Waals surface area (Å²) in [6.45, 7) is 4.16. The Morgan fingerprint density at radius 1 is 1.53 bits per heavy atom. The molecule has 0 radical (unpaired) electrons. The molecule has 5 nitrogen and oxygen atoms in total. The summed E-state index contributed by atoms with van der Waals surface area (Å²) in [4.78, 5) is 18.2. The van der Waals surface area contributed by atoms with Crippen molar-refractivity contribution >= 4 is 5.97 Å². The van der Waals surface area contributed by atoms with E-state index in [1.807, 2.05) is 13.8 Å². The fraction of sp³-hybridized carbons (Fsp3) is 0.500. The number of aliphatic carboxylic acids is 1. The fourth-order valence-electron chi connectivity index (χ4n) is 0.991. The Hall–Kier alpha value is -1.65. The van der Waals surface area contributed by atoms with Gasteiger partial charge in [-0.05, 0) is 5.92 Å². The summed E-state index contributed by atoms with van der Waals surface area (Å²) in [7, 11) is 0. The molecule has 0 unspecified atom stereocenters. The van der Waals surface area contributed by atoms with Crippen LogP contribution in [0.2, 0.25) is 0 Å². The van der Waals surface area contributed by atoms with Gasteiger partial charge in [-0.1, -0.05) is 13.8 Å². The van der Waals surface area contributed by atoms with Gasteiger partial charge >= 0.3 is 5.97 Å². The molecule has 82 valence electrons. The van der Waals surface area contributed by atoms with Gasteiger partial charge in [0.15, 0.2) is 0 Å². The normalized spacial score (nSPS) is 10.3. The van der Waals surface area contributed by atoms with Gasteiger partial charge in [0.1, 0.15) is 12.9 Å². The molecule has 0 aliphatic heterocycles. The zero-order chi connectivity index (χ0) is 11.3. The molecule has 0 saturated heterocycles. The molecule has 1 aromatic rings. The number of nitrogens with zero attached hydrogens (tertiary/aromatic N) is 2. The predicted molar refractivity (Wildman–Crippen MR) is 53.9 cm³/mol. The highest BCUT2D eigenvalue weighted by molar-refractivity contribution is 5.66. The summed E-state index contributed by atoms with van der Waals surface area (Å²) in [5.41, 5.74) is 0.885. The quantitative estimate of drug-likeness (QED) is 0.796. The average Bonchev–Trinajstić information content (AvgIpc) is 2.17. The predicted octanol–water partition coefficient (Wildman–Crippen LogP) is 1.45. The Kier molecular flexibility index (Phi) is 4.03. The number of carboxylic acids is 1. The van der Waals surface area contributed by atoms with E-state index in [9.17, 15) is 4.79 Å². The summed E-state index contributed by atoms with van der Waals surface area (Å²) < 4.78 is 5.18. The maximum absolute atomic E-state index is 10.3. The minimum absolute atomic E-state index is 0.0268. The lowest BCUT2D eigenvalue weighted by Gasteiger charge is -2.06. The molecule has 1 aromatic heterocycles. The third-order valence-electron chi connectivity index (χ3n) is 1.82. The summed E-state index contributed by atoms with van der Waals surface area (Å²) >= 11 is 0. The summed E-state index contributed by atoms with van der Waals surface area (Å²) in [5, 5.41) is 8.42. The van der Waals surface area contributed by atoms with Crippen LogP contribution in [-0.4, -0.2) is 27.7 Å². The molecular formula is C10H14N2O3. The van der Waals surface area contributed by atoms with Crippen molar-refractivity contribution in [3.8, 4) is 5.88 Å². The van der Waals surface area contributed by atoms with Gasteiger partial charge < -0.3 is 9.84 Å². The molecule has 0 aliphatic carbocycles. The Balaban J connectivity index is 2.54. The zero-order valence-electron chi connectivity index (χ0n) is 8.80. The maximum atomic E-state index is 10.3. The molecule has 0 amide bonds. The van der Waals surface area contributed by atoms with E-state index in [0.29, 0.717) is 11.8 Å². The van der Waals surface area contributed by atoms with Gasteiger partial charge in [0, 0.05) is 6.07 Å². The van der Waals surface area contributed by atoms with E-state index in [4.69, 9.17) is 9.84 Å². The minimum Gasteiger partial charge on any atom is -0.481 e. The molecule has 0 aromatic carbocycles. The van der Waals surface area contributed by atoms with Gasteiger partial charge in [-0.15, -0.1) is 0 Å². The molecule has 0 saturated carbocycles. The van der Waals surface area contributed by atoms with E-state index in [1.165, 1.54) is 6.33 Å². The number of carboxylic acid groups (broad SMARTS) is 1. The van der Waals surface area contributed by atoms with Crippen LogP contribution in [0.1, 0.15) is 31.9 Å². The fourth-order valence-corrected chi connectivity index (χ4v) is 0.991. The Morgan fingerprint density at radius 2 is 2.27 bits per heavy atom. The van der Waals surface area contributed by atoms with Crippen LogP contribution in [0.5, 0.6) is 5.88 Å². The van der Waals surface area contributed by atoms with E-state index in [1.54, 1.807) is 6.07 Å². The van der Waals surface area contributed by atoms with Crippen molar-refractivity contribution < 1.29 is 14.6 Å². The smallest absolute Gasteiger partial charge is 0.306 e. The van der Waals surface area contributed by atoms with Gasteiger partial charge in [0.25, 0.3) is 0 Å². The molecule has 0 bridgehead atoms. The summed E-state index contributed by atoms with van der Waals surface area (Å²) in [6.07, 6.45) is 1.40. The summed E-state index contributed by atoms with van der Waals surface area (Å²) in [6, 6.07) is 1.73. The molecule has 0 fully saturated rings. The number of ether oxygens (including phenoxy) is 1. The van der Waals surface area contributed by atoms with Crippen molar-refractivity contribution in [1.29, 1.82) is 0 Å². The van der Waals surface area contributed by atoms with Crippen molar-refractivity contribution in [2.75, 3.05) is 6.61 Å². The van der Waals surface area contributed by atoms with E-state index in [0.717, 1.165) is 5.69 Å². The summed E-state index contributed by atoms with van der Waals surface area (Å²) in [5.74, 6) is -0.155. The number of carbonyl (C=O) groups is 1. The largest absolute Gasteiger partial charge is 0.481 e. The van der Waals surface area contributed by atoms with E-state index in [-0.39, 0.29) is 13.0 Å². The second kappa shape index (κ2) is 5.29. The lowest BCUT2D eigenvalue weighted by atomic mass is 10.1. The van der Waals surface area contributed by atoms with Crippen LogP contribution in [0.25, 0.3) is 0 Å². The second-order valence-corrected chi connectivity index (χ2v) is 3.43. The molecule has 1 heterocycles. The first-order valence-electron chi connectivity index (χ1n) is 4.76. The SMILES string of the molecule is CC(C)c1cc(OCCC(=O)O)ncn1. The monoisotopic (exact) mass is 210 g/mol. The Bertz CT molecular complexity index is 339. The van der Waals surface area contributed by atoms with Gasteiger partial charge in [-0.2, -0.15) is 0 Å². The van der Waals surface area contributed by atoms with Crippen LogP contribution in [0.4, 0.5) is 0 Å². The molecule has 1 rings (SSSR count). The van der Waals surface area contributed by atoms with E-state index < -0.39 is 5.97 Å². The topological polar surface area (TPSA) is 72.3 Å². The van der Waals surface area contributed by atoms with Gasteiger partial charge in [0.05, 0.1) is 12.1 Å². The second-order valence-electron chi connectivity index (χ2n) is 3.43.